The van der Waals surface area contributed by atoms with Crippen molar-refractivity contribution < 1.29 is 14.3 Å². The van der Waals surface area contributed by atoms with E-state index in [1.807, 2.05) is 24.3 Å². The molecule has 1 aromatic heterocycles. The molecule has 0 aliphatic carbocycles. The molecule has 0 fully saturated rings. The Kier molecular flexibility index (Phi) is 4.14. The molecule has 0 aliphatic heterocycles. The quantitative estimate of drug-likeness (QED) is 0.705. The second kappa shape index (κ2) is 6.39. The van der Waals surface area contributed by atoms with Gasteiger partial charge in [-0.1, -0.05) is 12.1 Å². The minimum atomic E-state index is -0.374. The summed E-state index contributed by atoms with van der Waals surface area (Å²) in [5, 5.41) is 3.17. The molecule has 118 valence electrons. The van der Waals surface area contributed by atoms with Crippen LogP contribution in [0.2, 0.25) is 0 Å². The molecule has 6 heteroatoms. The van der Waals surface area contributed by atoms with E-state index in [4.69, 9.17) is 9.47 Å². The van der Waals surface area contributed by atoms with Gasteiger partial charge in [0.15, 0.2) is 0 Å². The first kappa shape index (κ1) is 14.9. The molecule has 0 radical (unpaired) electrons. The lowest BCUT2D eigenvalue weighted by molar-refractivity contribution is 0.0526. The molecule has 2 aromatic carbocycles. The minimum Gasteiger partial charge on any atom is -0.495 e. The van der Waals surface area contributed by atoms with Crippen LogP contribution in [0.4, 0.5) is 11.6 Å². The molecule has 6 nitrogen and oxygen atoms in total. The van der Waals surface area contributed by atoms with E-state index < -0.39 is 0 Å². The molecule has 3 aromatic rings. The number of benzene rings is 2. The lowest BCUT2D eigenvalue weighted by Gasteiger charge is -2.10. The van der Waals surface area contributed by atoms with Gasteiger partial charge in [0.2, 0.25) is 5.95 Å². The molecular weight excluding hydrogens is 294 g/mol. The largest absolute Gasteiger partial charge is 0.495 e. The van der Waals surface area contributed by atoms with Crippen LogP contribution in [0.25, 0.3) is 11.0 Å². The first-order chi connectivity index (χ1) is 11.2. The Morgan fingerprint density at radius 3 is 2.83 bits per heavy atom. The minimum absolute atomic E-state index is 0.333. The number of rotatable bonds is 5. The standard InChI is InChI=1S/C17H17N3O3/c1-3-23-16(21)11-8-9-14(15(10-11)22-2)20-17-18-12-6-4-5-7-13(12)19-17/h4-10H,3H2,1-2H3,(H2,18,19,20). The maximum Gasteiger partial charge on any atom is 0.338 e. The van der Waals surface area contributed by atoms with Gasteiger partial charge in [-0.25, -0.2) is 9.78 Å². The predicted molar refractivity (Wildman–Crippen MR) is 88.3 cm³/mol. The van der Waals surface area contributed by atoms with Crippen LogP contribution in [-0.2, 0) is 4.74 Å². The highest BCUT2D eigenvalue weighted by Crippen LogP contribution is 2.28. The highest BCUT2D eigenvalue weighted by Gasteiger charge is 2.12. The van der Waals surface area contributed by atoms with Gasteiger partial charge in [-0.3, -0.25) is 0 Å². The van der Waals surface area contributed by atoms with Crippen molar-refractivity contribution in [2.24, 2.45) is 0 Å². The molecule has 0 bridgehead atoms. The third-order valence-corrected chi connectivity index (χ3v) is 3.36. The number of aromatic nitrogens is 2. The number of nitrogens with one attached hydrogen (secondary N) is 2. The summed E-state index contributed by atoms with van der Waals surface area (Å²) in [6, 6.07) is 12.8. The number of para-hydroxylation sites is 2. The van der Waals surface area contributed by atoms with E-state index in [-0.39, 0.29) is 5.97 Å². The predicted octanol–water partition coefficient (Wildman–Crippen LogP) is 3.49. The van der Waals surface area contributed by atoms with Gasteiger partial charge in [-0.15, -0.1) is 0 Å². The number of aromatic amines is 1. The molecule has 0 amide bonds. The number of carbonyl (C=O) groups is 1. The van der Waals surface area contributed by atoms with Gasteiger partial charge in [0.05, 0.1) is 36.0 Å². The summed E-state index contributed by atoms with van der Waals surface area (Å²) in [6.07, 6.45) is 0. The normalized spacial score (nSPS) is 10.5. The van der Waals surface area contributed by atoms with Crippen LogP contribution in [0.5, 0.6) is 5.75 Å². The van der Waals surface area contributed by atoms with Crippen molar-refractivity contribution in [3.8, 4) is 5.75 Å². The maximum absolute atomic E-state index is 11.8. The van der Waals surface area contributed by atoms with Gasteiger partial charge < -0.3 is 19.8 Å². The van der Waals surface area contributed by atoms with E-state index >= 15 is 0 Å². The molecule has 0 atom stereocenters. The zero-order valence-corrected chi connectivity index (χ0v) is 12.9. The Hall–Kier alpha value is -3.02. The fraction of sp³-hybridized carbons (Fsp3) is 0.176. The number of esters is 1. The van der Waals surface area contributed by atoms with Gasteiger partial charge in [-0.2, -0.15) is 0 Å². The van der Waals surface area contributed by atoms with Gasteiger partial charge in [-0.05, 0) is 37.3 Å². The topological polar surface area (TPSA) is 76.2 Å². The zero-order valence-electron chi connectivity index (χ0n) is 12.9. The summed E-state index contributed by atoms with van der Waals surface area (Å²) in [7, 11) is 1.55. The number of anilines is 2. The van der Waals surface area contributed by atoms with Crippen molar-refractivity contribution in [1.29, 1.82) is 0 Å². The summed E-state index contributed by atoms with van der Waals surface area (Å²) in [5.41, 5.74) is 2.97. The molecule has 3 rings (SSSR count). The van der Waals surface area contributed by atoms with Gasteiger partial charge in [0.1, 0.15) is 5.75 Å². The number of hydrogen-bond acceptors (Lipinski definition) is 5. The number of methoxy groups -OCH3 is 1. The molecule has 0 saturated heterocycles. The molecule has 0 unspecified atom stereocenters. The van der Waals surface area contributed by atoms with E-state index in [9.17, 15) is 4.79 Å². The second-order valence-corrected chi connectivity index (χ2v) is 4.86. The number of imidazole rings is 1. The summed E-state index contributed by atoms with van der Waals surface area (Å²) in [5.74, 6) is 0.769. The molecule has 2 N–H and O–H groups in total. The van der Waals surface area contributed by atoms with Crippen LogP contribution < -0.4 is 10.1 Å². The lowest BCUT2D eigenvalue weighted by Crippen LogP contribution is -2.05. The van der Waals surface area contributed by atoms with Crippen molar-refractivity contribution >= 4 is 28.6 Å². The van der Waals surface area contributed by atoms with Gasteiger partial charge >= 0.3 is 5.97 Å². The molecule has 1 heterocycles. The van der Waals surface area contributed by atoms with Crippen molar-refractivity contribution in [2.45, 2.75) is 6.92 Å². The average Bonchev–Trinajstić information content (AvgIpc) is 2.97. The molecule has 0 aliphatic rings. The summed E-state index contributed by atoms with van der Waals surface area (Å²) < 4.78 is 10.3. The summed E-state index contributed by atoms with van der Waals surface area (Å²) >= 11 is 0. The Morgan fingerprint density at radius 2 is 2.09 bits per heavy atom. The molecule has 23 heavy (non-hydrogen) atoms. The van der Waals surface area contributed by atoms with Gasteiger partial charge in [0, 0.05) is 0 Å². The van der Waals surface area contributed by atoms with Gasteiger partial charge in [0.25, 0.3) is 0 Å². The highest BCUT2D eigenvalue weighted by atomic mass is 16.5. The second-order valence-electron chi connectivity index (χ2n) is 4.86. The van der Waals surface area contributed by atoms with Crippen molar-refractivity contribution in [2.75, 3.05) is 19.0 Å². The van der Waals surface area contributed by atoms with E-state index in [2.05, 4.69) is 15.3 Å². The molecular formula is C17H17N3O3. The fourth-order valence-electron chi connectivity index (χ4n) is 2.28. The van der Waals surface area contributed by atoms with Crippen LogP contribution in [0.3, 0.4) is 0 Å². The Labute approximate surface area is 133 Å². The first-order valence-electron chi connectivity index (χ1n) is 7.28. The summed E-state index contributed by atoms with van der Waals surface area (Å²) in [4.78, 5) is 19.4. The zero-order chi connectivity index (χ0) is 16.2. The van der Waals surface area contributed by atoms with Crippen LogP contribution in [0, 0.1) is 0 Å². The third-order valence-electron chi connectivity index (χ3n) is 3.36. The number of fused-ring (bicyclic) bond motifs is 1. The molecule has 0 saturated carbocycles. The van der Waals surface area contributed by atoms with Crippen LogP contribution in [0.1, 0.15) is 17.3 Å². The van der Waals surface area contributed by atoms with E-state index in [0.717, 1.165) is 11.0 Å². The number of H-pyrrole nitrogens is 1. The van der Waals surface area contributed by atoms with E-state index in [0.29, 0.717) is 29.6 Å². The van der Waals surface area contributed by atoms with E-state index in [1.54, 1.807) is 32.2 Å². The smallest absolute Gasteiger partial charge is 0.338 e. The van der Waals surface area contributed by atoms with E-state index in [1.165, 1.54) is 0 Å². The van der Waals surface area contributed by atoms with Crippen molar-refractivity contribution in [3.63, 3.8) is 0 Å². The number of hydrogen-bond donors (Lipinski definition) is 2. The first-order valence-corrected chi connectivity index (χ1v) is 7.28. The van der Waals surface area contributed by atoms with Crippen molar-refractivity contribution in [1.82, 2.24) is 9.97 Å². The molecule has 0 spiro atoms. The fourth-order valence-corrected chi connectivity index (χ4v) is 2.28. The number of nitrogens with zero attached hydrogens (tertiary/aromatic N) is 1. The Morgan fingerprint density at radius 1 is 1.26 bits per heavy atom. The SMILES string of the molecule is CCOC(=O)c1ccc(Nc2nc3ccccc3[nH]2)c(OC)c1. The van der Waals surface area contributed by atoms with Crippen LogP contribution >= 0.6 is 0 Å². The third kappa shape index (κ3) is 3.11. The number of ether oxygens (including phenoxy) is 2. The average molecular weight is 311 g/mol. The summed E-state index contributed by atoms with van der Waals surface area (Å²) in [6.45, 7) is 2.10. The maximum atomic E-state index is 11.8. The van der Waals surface area contributed by atoms with Crippen LogP contribution in [0.15, 0.2) is 42.5 Å². The Bertz CT molecular complexity index is 809. The number of carbonyl (C=O) groups excluding carboxylic acids is 1. The monoisotopic (exact) mass is 311 g/mol. The van der Waals surface area contributed by atoms with Crippen LogP contribution in [-0.4, -0.2) is 29.7 Å². The van der Waals surface area contributed by atoms with Crippen molar-refractivity contribution in [3.05, 3.63) is 48.0 Å². The lowest BCUT2D eigenvalue weighted by atomic mass is 10.2. The Balaban J connectivity index is 1.88. The highest BCUT2D eigenvalue weighted by molar-refractivity contribution is 5.91.